The van der Waals surface area contributed by atoms with E-state index >= 15 is 0 Å². The van der Waals surface area contributed by atoms with Crippen molar-refractivity contribution in [1.82, 2.24) is 19.4 Å². The Morgan fingerprint density at radius 2 is 1.78 bits per heavy atom. The maximum atomic E-state index is 12.4. The van der Waals surface area contributed by atoms with Crippen molar-refractivity contribution in [2.75, 3.05) is 0 Å². The topological polar surface area (TPSA) is 105 Å². The van der Waals surface area contributed by atoms with Crippen molar-refractivity contribution in [3.63, 3.8) is 0 Å². The summed E-state index contributed by atoms with van der Waals surface area (Å²) in [7, 11) is -2.59. The molecule has 0 aliphatic rings. The lowest BCUT2D eigenvalue weighted by Crippen LogP contribution is -2.49. The predicted octanol–water partition coefficient (Wildman–Crippen LogP) is 1.16. The zero-order valence-corrected chi connectivity index (χ0v) is 15.5. The molecule has 2 N–H and O–H groups in total. The number of aromatic nitrogens is 2. The summed E-state index contributed by atoms with van der Waals surface area (Å²) in [6.07, 6.45) is 0. The zero-order chi connectivity index (χ0) is 18.2. The van der Waals surface area contributed by atoms with Crippen LogP contribution in [0.3, 0.4) is 0 Å². The average molecular weight is 346 g/mol. The first-order valence-corrected chi connectivity index (χ1v) is 8.87. The second kappa shape index (κ2) is 6.48. The summed E-state index contributed by atoms with van der Waals surface area (Å²) < 4.78 is 28.0. The van der Waals surface area contributed by atoms with E-state index in [0.29, 0.717) is 5.69 Å². The summed E-state index contributed by atoms with van der Waals surface area (Å²) in [4.78, 5) is 13.7. The summed E-state index contributed by atoms with van der Waals surface area (Å²) in [5.41, 5.74) is -0.920. The number of urea groups is 1. The third kappa shape index (κ3) is 4.44. The number of amides is 2. The quantitative estimate of drug-likeness (QED) is 0.832. The maximum absolute atomic E-state index is 12.4. The van der Waals surface area contributed by atoms with Crippen molar-refractivity contribution in [3.05, 3.63) is 11.8 Å². The van der Waals surface area contributed by atoms with Crippen molar-refractivity contribution in [2.45, 2.75) is 64.3 Å². The lowest BCUT2D eigenvalue weighted by atomic mass is 10.1. The lowest BCUT2D eigenvalue weighted by Gasteiger charge is -2.30. The molecule has 0 aromatic carbocycles. The Bertz CT molecular complexity index is 663. The largest absolute Gasteiger partial charge is 0.384 e. The van der Waals surface area contributed by atoms with Crippen molar-refractivity contribution < 1.29 is 18.3 Å². The number of nitrogens with one attached hydrogen (secondary N) is 1. The first-order chi connectivity index (χ1) is 10.3. The van der Waals surface area contributed by atoms with Crippen molar-refractivity contribution in [2.24, 2.45) is 7.05 Å². The minimum absolute atomic E-state index is 0.152. The molecule has 0 bridgehead atoms. The van der Waals surface area contributed by atoms with Crippen LogP contribution in [0, 0.1) is 0 Å². The Labute approximate surface area is 137 Å². The van der Waals surface area contributed by atoms with Gasteiger partial charge in [0.15, 0.2) is 5.03 Å². The molecular formula is C14H26N4O4S. The molecule has 0 saturated carbocycles. The summed E-state index contributed by atoms with van der Waals surface area (Å²) in [6, 6.07) is 0.247. The molecule has 8 nitrogen and oxygen atoms in total. The SMILES string of the molecule is CC(C)N(C(=O)NS(=O)(=O)c1cc(C(C)(C)O)n(C)n1)C(C)C. The molecule has 1 aromatic heterocycles. The Balaban J connectivity index is 3.12. The molecule has 1 rings (SSSR count). The van der Waals surface area contributed by atoms with Gasteiger partial charge < -0.3 is 10.0 Å². The summed E-state index contributed by atoms with van der Waals surface area (Å²) >= 11 is 0. The third-order valence-corrected chi connectivity index (χ3v) is 4.52. The highest BCUT2D eigenvalue weighted by atomic mass is 32.2. The van der Waals surface area contributed by atoms with Crippen LogP contribution < -0.4 is 4.72 Å². The number of hydrogen-bond acceptors (Lipinski definition) is 5. The molecule has 9 heteroatoms. The molecule has 1 heterocycles. The van der Waals surface area contributed by atoms with Gasteiger partial charge in [-0.1, -0.05) is 0 Å². The predicted molar refractivity (Wildman–Crippen MR) is 86.3 cm³/mol. The van der Waals surface area contributed by atoms with Gasteiger partial charge >= 0.3 is 6.03 Å². The summed E-state index contributed by atoms with van der Waals surface area (Å²) in [5.74, 6) is 0. The minimum Gasteiger partial charge on any atom is -0.384 e. The standard InChI is InChI=1S/C14H26N4O4S/c1-9(2)18(10(3)4)13(19)16-23(21,22)12-8-11(14(5,6)20)17(7)15-12/h8-10,20H,1-7H3,(H,16,19). The Morgan fingerprint density at radius 1 is 1.30 bits per heavy atom. The molecule has 0 fully saturated rings. The normalized spacial score (nSPS) is 12.8. The highest BCUT2D eigenvalue weighted by molar-refractivity contribution is 7.90. The van der Waals surface area contributed by atoms with Gasteiger partial charge in [-0.05, 0) is 41.5 Å². The molecule has 0 aliphatic carbocycles. The molecule has 0 aliphatic heterocycles. The van der Waals surface area contributed by atoms with Gasteiger partial charge in [-0.3, -0.25) is 4.68 Å². The van der Waals surface area contributed by atoms with E-state index < -0.39 is 21.7 Å². The van der Waals surface area contributed by atoms with Crippen LogP contribution in [0.25, 0.3) is 0 Å². The fraction of sp³-hybridized carbons (Fsp3) is 0.714. The molecular weight excluding hydrogens is 320 g/mol. The molecule has 0 unspecified atom stereocenters. The van der Waals surface area contributed by atoms with Crippen LogP contribution in [0.1, 0.15) is 47.2 Å². The van der Waals surface area contributed by atoms with Crippen LogP contribution in [-0.2, 0) is 22.7 Å². The van der Waals surface area contributed by atoms with E-state index in [-0.39, 0.29) is 17.1 Å². The zero-order valence-electron chi connectivity index (χ0n) is 14.7. The molecule has 0 atom stereocenters. The average Bonchev–Trinajstić information content (AvgIpc) is 2.69. The number of hydrogen-bond donors (Lipinski definition) is 2. The monoisotopic (exact) mass is 346 g/mol. The van der Waals surface area contributed by atoms with Gasteiger partial charge in [-0.25, -0.2) is 9.52 Å². The number of aliphatic hydroxyl groups is 1. The number of sulfonamides is 1. The number of rotatable bonds is 5. The van der Waals surface area contributed by atoms with E-state index in [1.165, 1.54) is 36.5 Å². The van der Waals surface area contributed by atoms with Crippen molar-refractivity contribution in [3.8, 4) is 0 Å². The Hall–Kier alpha value is -1.61. The fourth-order valence-corrected chi connectivity index (χ4v) is 3.37. The lowest BCUT2D eigenvalue weighted by molar-refractivity contribution is 0.0695. The first-order valence-electron chi connectivity index (χ1n) is 7.39. The smallest absolute Gasteiger partial charge is 0.331 e. The number of nitrogens with zero attached hydrogens (tertiary/aromatic N) is 3. The van der Waals surface area contributed by atoms with E-state index in [1.54, 1.807) is 27.7 Å². The maximum Gasteiger partial charge on any atom is 0.331 e. The van der Waals surface area contributed by atoms with Gasteiger partial charge in [-0.15, -0.1) is 0 Å². The van der Waals surface area contributed by atoms with Crippen LogP contribution in [0.2, 0.25) is 0 Å². The highest BCUT2D eigenvalue weighted by Gasteiger charge is 2.30. The van der Waals surface area contributed by atoms with Crippen LogP contribution in [0.15, 0.2) is 11.1 Å². The fourth-order valence-electron chi connectivity index (χ4n) is 2.43. The molecule has 23 heavy (non-hydrogen) atoms. The molecule has 0 radical (unpaired) electrons. The van der Waals surface area contributed by atoms with E-state index in [1.807, 2.05) is 4.72 Å². The number of aryl methyl sites for hydroxylation is 1. The number of carbonyl (C=O) groups is 1. The summed E-state index contributed by atoms with van der Waals surface area (Å²) in [6.45, 7) is 10.3. The van der Waals surface area contributed by atoms with Crippen LogP contribution in [-0.4, -0.2) is 46.3 Å². The van der Waals surface area contributed by atoms with Gasteiger partial charge in [0.25, 0.3) is 10.0 Å². The minimum atomic E-state index is -4.12. The second-order valence-electron chi connectivity index (χ2n) is 6.56. The van der Waals surface area contributed by atoms with Crippen LogP contribution in [0.5, 0.6) is 0 Å². The van der Waals surface area contributed by atoms with Crippen LogP contribution >= 0.6 is 0 Å². The van der Waals surface area contributed by atoms with E-state index in [2.05, 4.69) is 5.10 Å². The van der Waals surface area contributed by atoms with Crippen LogP contribution in [0.4, 0.5) is 4.79 Å². The van der Waals surface area contributed by atoms with Crippen molar-refractivity contribution >= 4 is 16.1 Å². The molecule has 2 amide bonds. The Kier molecular flexibility index (Phi) is 5.48. The Morgan fingerprint density at radius 3 is 2.13 bits per heavy atom. The molecule has 0 saturated heterocycles. The molecule has 132 valence electrons. The highest BCUT2D eigenvalue weighted by Crippen LogP contribution is 2.21. The third-order valence-electron chi connectivity index (χ3n) is 3.33. The molecule has 0 spiro atoms. The van der Waals surface area contributed by atoms with E-state index in [0.717, 1.165) is 0 Å². The first kappa shape index (κ1) is 19.4. The van der Waals surface area contributed by atoms with Gasteiger partial charge in [0, 0.05) is 25.2 Å². The molecule has 1 aromatic rings. The van der Waals surface area contributed by atoms with Crippen molar-refractivity contribution in [1.29, 1.82) is 0 Å². The van der Waals surface area contributed by atoms with Gasteiger partial charge in [-0.2, -0.15) is 13.5 Å². The van der Waals surface area contributed by atoms with E-state index in [4.69, 9.17) is 0 Å². The second-order valence-corrected chi connectivity index (χ2v) is 8.19. The van der Waals surface area contributed by atoms with E-state index in [9.17, 15) is 18.3 Å². The van der Waals surface area contributed by atoms with Gasteiger partial charge in [0.2, 0.25) is 0 Å². The van der Waals surface area contributed by atoms with Gasteiger partial charge in [0.05, 0.1) is 5.69 Å². The number of carbonyl (C=O) groups excluding carboxylic acids is 1. The van der Waals surface area contributed by atoms with Gasteiger partial charge in [0.1, 0.15) is 5.60 Å². The summed E-state index contributed by atoms with van der Waals surface area (Å²) in [5, 5.41) is 13.6.